The molecule has 3 rings (SSSR count). The van der Waals surface area contributed by atoms with Crippen LogP contribution < -0.4 is 15.1 Å². The van der Waals surface area contributed by atoms with Crippen molar-refractivity contribution < 1.29 is 28.2 Å². The highest BCUT2D eigenvalue weighted by atomic mass is 32.1. The number of amides is 2. The van der Waals surface area contributed by atoms with E-state index in [0.717, 1.165) is 11.4 Å². The zero-order chi connectivity index (χ0) is 25.8. The number of cyclic esters (lactones) is 1. The highest BCUT2D eigenvalue weighted by molar-refractivity contribution is 7.80. The molecule has 1 atom stereocenters. The fraction of sp³-hybridized carbons (Fsp3) is 0.583. The molecule has 0 radical (unpaired) electrons. The van der Waals surface area contributed by atoms with Gasteiger partial charge in [0.25, 0.3) is 5.91 Å². The summed E-state index contributed by atoms with van der Waals surface area (Å²) in [6.07, 6.45) is -0.181. The van der Waals surface area contributed by atoms with E-state index in [0.29, 0.717) is 50.6 Å². The van der Waals surface area contributed by atoms with Gasteiger partial charge in [-0.3, -0.25) is 14.5 Å². The van der Waals surface area contributed by atoms with E-state index in [2.05, 4.69) is 26.1 Å². The van der Waals surface area contributed by atoms with Gasteiger partial charge in [-0.25, -0.2) is 9.18 Å². The zero-order valence-electron chi connectivity index (χ0n) is 20.6. The van der Waals surface area contributed by atoms with Gasteiger partial charge < -0.3 is 24.6 Å². The number of hydrogen-bond donors (Lipinski definition) is 1. The average Bonchev–Trinajstić information content (AvgIpc) is 3.15. The molecule has 1 aromatic rings. The molecule has 192 valence electrons. The molecule has 9 nitrogen and oxygen atoms in total. The maximum atomic E-state index is 15.0. The second-order valence-electron chi connectivity index (χ2n) is 9.94. The van der Waals surface area contributed by atoms with Crippen LogP contribution in [0.2, 0.25) is 0 Å². The molecule has 2 saturated heterocycles. The first-order chi connectivity index (χ1) is 16.4. The highest BCUT2D eigenvalue weighted by Gasteiger charge is 2.33. The van der Waals surface area contributed by atoms with Crippen LogP contribution in [-0.4, -0.2) is 79.8 Å². The van der Waals surface area contributed by atoms with E-state index in [1.807, 2.05) is 4.90 Å². The van der Waals surface area contributed by atoms with E-state index in [4.69, 9.17) is 21.7 Å². The number of halogens is 1. The second kappa shape index (κ2) is 11.2. The number of carbonyl (C=O) groups is 3. The topological polar surface area (TPSA) is 91.4 Å². The number of hydrogen-bond acceptors (Lipinski definition) is 7. The Morgan fingerprint density at radius 1 is 1.23 bits per heavy atom. The number of piperazine rings is 1. The Hall–Kier alpha value is -2.95. The summed E-state index contributed by atoms with van der Waals surface area (Å²) in [5, 5.41) is 3.16. The summed E-state index contributed by atoms with van der Waals surface area (Å²) >= 11 is 5.37. The van der Waals surface area contributed by atoms with Crippen LogP contribution in [0.15, 0.2) is 18.2 Å². The highest BCUT2D eigenvalue weighted by Crippen LogP contribution is 2.28. The standard InChI is InChI=1S/C24H33FN4O5S/c1-16(30)33-15-22(31)28-9-7-27(8-10-28)20-6-5-17(11-19(20)25)29-14-18(34-23(29)32)13-26-21(35)12-24(2,3)4/h5-6,11,18H,7-10,12-15H2,1-4H3,(H,26,35)/t18-/m0/s1. The Labute approximate surface area is 210 Å². The molecule has 0 saturated carbocycles. The van der Waals surface area contributed by atoms with Crippen molar-refractivity contribution in [3.63, 3.8) is 0 Å². The third-order valence-electron chi connectivity index (χ3n) is 5.71. The van der Waals surface area contributed by atoms with Crippen molar-refractivity contribution in [2.45, 2.75) is 40.2 Å². The van der Waals surface area contributed by atoms with E-state index in [1.165, 1.54) is 17.9 Å². The first-order valence-electron chi connectivity index (χ1n) is 11.6. The molecule has 0 aromatic heterocycles. The molecule has 1 aromatic carbocycles. The SMILES string of the molecule is CC(=O)OCC(=O)N1CCN(c2ccc(N3C[C@H](CNC(=S)CC(C)(C)C)OC3=O)cc2F)CC1. The summed E-state index contributed by atoms with van der Waals surface area (Å²) in [6.45, 7) is 9.63. The van der Waals surface area contributed by atoms with Crippen molar-refractivity contribution >= 4 is 46.6 Å². The molecule has 2 heterocycles. The van der Waals surface area contributed by atoms with Crippen molar-refractivity contribution in [3.8, 4) is 0 Å². The lowest BCUT2D eigenvalue weighted by atomic mass is 9.92. The first kappa shape index (κ1) is 26.7. The quantitative estimate of drug-likeness (QED) is 0.444. The van der Waals surface area contributed by atoms with E-state index in [-0.39, 0.29) is 24.0 Å². The van der Waals surface area contributed by atoms with Gasteiger partial charge in [-0.1, -0.05) is 33.0 Å². The maximum absolute atomic E-state index is 15.0. The second-order valence-corrected chi connectivity index (χ2v) is 10.4. The predicted molar refractivity (Wildman–Crippen MR) is 134 cm³/mol. The summed E-state index contributed by atoms with van der Waals surface area (Å²) in [6, 6.07) is 4.66. The molecule has 0 spiro atoms. The summed E-state index contributed by atoms with van der Waals surface area (Å²) in [5.74, 6) is -1.23. The molecule has 2 aliphatic heterocycles. The lowest BCUT2D eigenvalue weighted by molar-refractivity contribution is -0.150. The van der Waals surface area contributed by atoms with Crippen LogP contribution in [0.25, 0.3) is 0 Å². The Bertz CT molecular complexity index is 975. The van der Waals surface area contributed by atoms with Crippen molar-refractivity contribution in [2.24, 2.45) is 5.41 Å². The van der Waals surface area contributed by atoms with Gasteiger partial charge in [0.1, 0.15) is 11.9 Å². The number of rotatable bonds is 7. The van der Waals surface area contributed by atoms with Crippen LogP contribution in [0.4, 0.5) is 20.6 Å². The smallest absolute Gasteiger partial charge is 0.414 e. The molecule has 2 aliphatic rings. The molecule has 0 unspecified atom stereocenters. The van der Waals surface area contributed by atoms with Gasteiger partial charge >= 0.3 is 12.1 Å². The summed E-state index contributed by atoms with van der Waals surface area (Å²) in [7, 11) is 0. The molecular weight excluding hydrogens is 475 g/mol. The summed E-state index contributed by atoms with van der Waals surface area (Å²) < 4.78 is 25.2. The fourth-order valence-corrected chi connectivity index (χ4v) is 4.50. The monoisotopic (exact) mass is 508 g/mol. The van der Waals surface area contributed by atoms with E-state index in [9.17, 15) is 14.4 Å². The van der Waals surface area contributed by atoms with Gasteiger partial charge in [0.05, 0.1) is 29.5 Å². The lowest BCUT2D eigenvalue weighted by Gasteiger charge is -2.36. The van der Waals surface area contributed by atoms with Gasteiger partial charge in [0.15, 0.2) is 6.61 Å². The fourth-order valence-electron chi connectivity index (χ4n) is 3.98. The Morgan fingerprint density at radius 3 is 2.51 bits per heavy atom. The molecular formula is C24H33FN4O5S. The van der Waals surface area contributed by atoms with Crippen LogP contribution in [0.3, 0.4) is 0 Å². The predicted octanol–water partition coefficient (Wildman–Crippen LogP) is 2.72. The Kier molecular flexibility index (Phi) is 8.52. The normalized spacial score (nSPS) is 18.4. The van der Waals surface area contributed by atoms with Crippen LogP contribution in [0, 0.1) is 11.2 Å². The van der Waals surface area contributed by atoms with Crippen LogP contribution in [0.5, 0.6) is 0 Å². The molecule has 2 amide bonds. The minimum absolute atomic E-state index is 0.0633. The molecule has 35 heavy (non-hydrogen) atoms. The number of anilines is 2. The van der Waals surface area contributed by atoms with Gasteiger partial charge in [0.2, 0.25) is 0 Å². The minimum Gasteiger partial charge on any atom is -0.456 e. The van der Waals surface area contributed by atoms with E-state index < -0.39 is 17.9 Å². The number of benzene rings is 1. The van der Waals surface area contributed by atoms with Crippen molar-refractivity contribution in [1.29, 1.82) is 0 Å². The van der Waals surface area contributed by atoms with Crippen LogP contribution in [-0.2, 0) is 19.1 Å². The summed E-state index contributed by atoms with van der Waals surface area (Å²) in [5.41, 5.74) is 0.888. The van der Waals surface area contributed by atoms with E-state index >= 15 is 4.39 Å². The summed E-state index contributed by atoms with van der Waals surface area (Å²) in [4.78, 5) is 41.0. The number of nitrogens with one attached hydrogen (secondary N) is 1. The van der Waals surface area contributed by atoms with E-state index in [1.54, 1.807) is 17.0 Å². The lowest BCUT2D eigenvalue weighted by Crippen LogP contribution is -2.50. The first-order valence-corrected chi connectivity index (χ1v) is 12.0. The van der Waals surface area contributed by atoms with Crippen LogP contribution >= 0.6 is 12.2 Å². The average molecular weight is 509 g/mol. The van der Waals surface area contributed by atoms with Crippen molar-refractivity contribution in [2.75, 3.05) is 55.7 Å². The van der Waals surface area contributed by atoms with Crippen molar-refractivity contribution in [3.05, 3.63) is 24.0 Å². The Morgan fingerprint density at radius 2 is 1.91 bits per heavy atom. The molecule has 0 aliphatic carbocycles. The van der Waals surface area contributed by atoms with Gasteiger partial charge in [0, 0.05) is 39.5 Å². The molecule has 11 heteroatoms. The maximum Gasteiger partial charge on any atom is 0.414 e. The number of ether oxygens (including phenoxy) is 2. The third kappa shape index (κ3) is 7.51. The molecule has 2 fully saturated rings. The minimum atomic E-state index is -0.523. The molecule has 1 N–H and O–H groups in total. The largest absolute Gasteiger partial charge is 0.456 e. The van der Waals surface area contributed by atoms with Gasteiger partial charge in [-0.05, 0) is 23.6 Å². The number of thiocarbonyl (C=S) groups is 1. The van der Waals surface area contributed by atoms with Gasteiger partial charge in [-0.2, -0.15) is 0 Å². The van der Waals surface area contributed by atoms with Crippen LogP contribution in [0.1, 0.15) is 34.1 Å². The van der Waals surface area contributed by atoms with Gasteiger partial charge in [-0.15, -0.1) is 0 Å². The number of esters is 1. The Balaban J connectivity index is 1.54. The third-order valence-corrected chi connectivity index (χ3v) is 6.00. The zero-order valence-corrected chi connectivity index (χ0v) is 21.5. The van der Waals surface area contributed by atoms with Crippen molar-refractivity contribution in [1.82, 2.24) is 10.2 Å². The number of carbonyl (C=O) groups excluding carboxylic acids is 3. The number of nitrogens with zero attached hydrogens (tertiary/aromatic N) is 3. The molecule has 0 bridgehead atoms.